The summed E-state index contributed by atoms with van der Waals surface area (Å²) >= 11 is 9.01. The molecule has 2 heterocycles. The Morgan fingerprint density at radius 1 is 1.32 bits per heavy atom. The number of anilines is 1. The SMILES string of the molecule is CCSc1nnc(NC(=O)C2CCN(Cc3ccc(Cl)cc3)CC2)s1. The van der Waals surface area contributed by atoms with Crippen LogP contribution in [0.25, 0.3) is 0 Å². The molecular weight excluding hydrogens is 376 g/mol. The Morgan fingerprint density at radius 3 is 2.72 bits per heavy atom. The maximum atomic E-state index is 12.4. The molecule has 2 aromatic rings. The van der Waals surface area contributed by atoms with Crippen LogP contribution >= 0.6 is 34.7 Å². The summed E-state index contributed by atoms with van der Waals surface area (Å²) in [4.78, 5) is 14.8. The highest BCUT2D eigenvalue weighted by Crippen LogP contribution is 2.26. The molecule has 1 saturated heterocycles. The molecule has 0 radical (unpaired) electrons. The largest absolute Gasteiger partial charge is 0.300 e. The van der Waals surface area contributed by atoms with E-state index in [0.29, 0.717) is 5.13 Å². The highest BCUT2D eigenvalue weighted by molar-refractivity contribution is 8.01. The first-order chi connectivity index (χ1) is 12.1. The van der Waals surface area contributed by atoms with Crippen LogP contribution in [-0.2, 0) is 11.3 Å². The van der Waals surface area contributed by atoms with Crippen molar-refractivity contribution in [3.05, 3.63) is 34.9 Å². The van der Waals surface area contributed by atoms with Gasteiger partial charge in [-0.3, -0.25) is 9.69 Å². The molecule has 8 heteroatoms. The summed E-state index contributed by atoms with van der Waals surface area (Å²) in [6.45, 7) is 4.82. The standard InChI is InChI=1S/C17H21ClN4OS2/c1-2-24-17-21-20-16(25-17)19-15(23)13-7-9-22(10-8-13)11-12-3-5-14(18)6-4-12/h3-6,13H,2,7-11H2,1H3,(H,19,20,23). The zero-order valence-electron chi connectivity index (χ0n) is 14.1. The van der Waals surface area contributed by atoms with E-state index in [1.165, 1.54) is 16.9 Å². The quantitative estimate of drug-likeness (QED) is 0.587. The van der Waals surface area contributed by atoms with Crippen LogP contribution in [0.1, 0.15) is 25.3 Å². The van der Waals surface area contributed by atoms with Gasteiger partial charge in [-0.1, -0.05) is 53.8 Å². The van der Waals surface area contributed by atoms with Crippen LogP contribution in [-0.4, -0.2) is 39.8 Å². The number of carbonyl (C=O) groups excluding carboxylic acids is 1. The molecule has 134 valence electrons. The van der Waals surface area contributed by atoms with Gasteiger partial charge in [-0.25, -0.2) is 0 Å². The molecule has 1 amide bonds. The number of nitrogens with one attached hydrogen (secondary N) is 1. The van der Waals surface area contributed by atoms with Gasteiger partial charge in [0.25, 0.3) is 0 Å². The number of hydrogen-bond donors (Lipinski definition) is 1. The van der Waals surface area contributed by atoms with E-state index < -0.39 is 0 Å². The number of nitrogens with zero attached hydrogens (tertiary/aromatic N) is 3. The fraction of sp³-hybridized carbons (Fsp3) is 0.471. The molecule has 0 saturated carbocycles. The van der Waals surface area contributed by atoms with E-state index in [1.54, 1.807) is 11.8 Å². The topological polar surface area (TPSA) is 58.1 Å². The summed E-state index contributed by atoms with van der Waals surface area (Å²) in [5.74, 6) is 1.07. The fourth-order valence-electron chi connectivity index (χ4n) is 2.85. The zero-order valence-corrected chi connectivity index (χ0v) is 16.5. The molecule has 0 spiro atoms. The van der Waals surface area contributed by atoms with Crippen molar-refractivity contribution in [3.63, 3.8) is 0 Å². The molecule has 0 bridgehead atoms. The number of carbonyl (C=O) groups is 1. The van der Waals surface area contributed by atoms with E-state index in [9.17, 15) is 4.79 Å². The van der Waals surface area contributed by atoms with Crippen molar-refractivity contribution in [2.24, 2.45) is 5.92 Å². The van der Waals surface area contributed by atoms with Crippen molar-refractivity contribution < 1.29 is 4.79 Å². The molecular formula is C17H21ClN4OS2. The number of benzene rings is 1. The molecule has 5 nitrogen and oxygen atoms in total. The third-order valence-corrected chi connectivity index (χ3v) is 6.29. The Morgan fingerprint density at radius 2 is 2.04 bits per heavy atom. The third kappa shape index (κ3) is 5.41. The van der Waals surface area contributed by atoms with Crippen LogP contribution in [0.15, 0.2) is 28.6 Å². The smallest absolute Gasteiger partial charge is 0.229 e. The van der Waals surface area contributed by atoms with E-state index >= 15 is 0 Å². The van der Waals surface area contributed by atoms with Gasteiger partial charge in [0.05, 0.1) is 0 Å². The minimum atomic E-state index is 0.0487. The zero-order chi connectivity index (χ0) is 17.6. The minimum absolute atomic E-state index is 0.0487. The van der Waals surface area contributed by atoms with Gasteiger partial charge < -0.3 is 5.32 Å². The number of thioether (sulfide) groups is 1. The molecule has 1 aliphatic heterocycles. The van der Waals surface area contributed by atoms with Gasteiger partial charge in [-0.05, 0) is 49.4 Å². The maximum absolute atomic E-state index is 12.4. The van der Waals surface area contributed by atoms with Gasteiger partial charge in [0.1, 0.15) is 0 Å². The van der Waals surface area contributed by atoms with E-state index in [2.05, 4.69) is 39.5 Å². The average Bonchev–Trinajstić information content (AvgIpc) is 3.05. The van der Waals surface area contributed by atoms with Crippen molar-refractivity contribution in [1.29, 1.82) is 0 Å². The molecule has 1 aromatic heterocycles. The van der Waals surface area contributed by atoms with Crippen LogP contribution in [0.5, 0.6) is 0 Å². The number of hydrogen-bond acceptors (Lipinski definition) is 6. The van der Waals surface area contributed by atoms with Crippen LogP contribution in [0, 0.1) is 5.92 Å². The Hall–Kier alpha value is -1.15. The highest BCUT2D eigenvalue weighted by Gasteiger charge is 2.25. The summed E-state index contributed by atoms with van der Waals surface area (Å²) in [7, 11) is 0. The third-order valence-electron chi connectivity index (χ3n) is 4.18. The fourth-order valence-corrected chi connectivity index (χ4v) is 4.63. The van der Waals surface area contributed by atoms with E-state index in [-0.39, 0.29) is 11.8 Å². The number of amides is 1. The molecule has 25 heavy (non-hydrogen) atoms. The van der Waals surface area contributed by atoms with Crippen LogP contribution in [0.3, 0.4) is 0 Å². The lowest BCUT2D eigenvalue weighted by Crippen LogP contribution is -2.37. The summed E-state index contributed by atoms with van der Waals surface area (Å²) in [5, 5.41) is 12.4. The van der Waals surface area contributed by atoms with Crippen LogP contribution < -0.4 is 5.32 Å². The summed E-state index contributed by atoms with van der Waals surface area (Å²) in [5.41, 5.74) is 1.25. The second-order valence-corrected chi connectivity index (χ2v) is 8.90. The molecule has 3 rings (SSSR count). The lowest BCUT2D eigenvalue weighted by molar-refractivity contribution is -0.121. The number of aromatic nitrogens is 2. The Bertz CT molecular complexity index is 699. The van der Waals surface area contributed by atoms with Gasteiger partial charge in [-0.15, -0.1) is 10.2 Å². The van der Waals surface area contributed by atoms with Crippen LogP contribution in [0.2, 0.25) is 5.02 Å². The maximum Gasteiger partial charge on any atom is 0.229 e. The number of piperidine rings is 1. The van der Waals surface area contributed by atoms with Gasteiger partial charge >= 0.3 is 0 Å². The Balaban J connectivity index is 1.46. The normalized spacial score (nSPS) is 16.1. The first-order valence-corrected chi connectivity index (χ1v) is 10.6. The molecule has 1 fully saturated rings. The molecule has 1 aliphatic rings. The summed E-state index contributed by atoms with van der Waals surface area (Å²) in [6.07, 6.45) is 1.74. The van der Waals surface area contributed by atoms with Gasteiger partial charge in [0, 0.05) is 17.5 Å². The number of rotatable bonds is 6. The van der Waals surface area contributed by atoms with Crippen molar-refractivity contribution in [2.45, 2.75) is 30.6 Å². The van der Waals surface area contributed by atoms with Crippen molar-refractivity contribution in [3.8, 4) is 0 Å². The lowest BCUT2D eigenvalue weighted by Gasteiger charge is -2.31. The van der Waals surface area contributed by atoms with E-state index in [4.69, 9.17) is 11.6 Å². The first kappa shape index (κ1) is 18.6. The van der Waals surface area contributed by atoms with Crippen molar-refractivity contribution >= 4 is 45.7 Å². The van der Waals surface area contributed by atoms with E-state index in [1.807, 2.05) is 12.1 Å². The summed E-state index contributed by atoms with van der Waals surface area (Å²) in [6, 6.07) is 7.96. The van der Waals surface area contributed by atoms with Gasteiger partial charge in [0.15, 0.2) is 4.34 Å². The summed E-state index contributed by atoms with van der Waals surface area (Å²) < 4.78 is 0.899. The molecule has 0 unspecified atom stereocenters. The minimum Gasteiger partial charge on any atom is -0.300 e. The second kappa shape index (κ2) is 8.98. The number of halogens is 1. The molecule has 1 N–H and O–H groups in total. The Labute approximate surface area is 161 Å². The van der Waals surface area contributed by atoms with Crippen molar-refractivity contribution in [2.75, 3.05) is 24.2 Å². The van der Waals surface area contributed by atoms with Crippen molar-refractivity contribution in [1.82, 2.24) is 15.1 Å². The second-order valence-electron chi connectivity index (χ2n) is 5.97. The molecule has 0 atom stereocenters. The average molecular weight is 397 g/mol. The highest BCUT2D eigenvalue weighted by atomic mass is 35.5. The van der Waals surface area contributed by atoms with Gasteiger partial charge in [-0.2, -0.15) is 0 Å². The Kier molecular flexibility index (Phi) is 6.70. The van der Waals surface area contributed by atoms with Gasteiger partial charge in [0.2, 0.25) is 11.0 Å². The monoisotopic (exact) mass is 396 g/mol. The van der Waals surface area contributed by atoms with Crippen LogP contribution in [0.4, 0.5) is 5.13 Å². The lowest BCUT2D eigenvalue weighted by atomic mass is 9.95. The van der Waals surface area contributed by atoms with E-state index in [0.717, 1.165) is 47.6 Å². The predicted molar refractivity (Wildman–Crippen MR) is 104 cm³/mol. The number of likely N-dealkylation sites (tertiary alicyclic amines) is 1. The molecule has 0 aliphatic carbocycles. The molecule has 1 aromatic carbocycles. The first-order valence-electron chi connectivity index (χ1n) is 8.38. The predicted octanol–water partition coefficient (Wildman–Crippen LogP) is 4.15.